The molecule has 1 aliphatic rings. The van der Waals surface area contributed by atoms with Crippen LogP contribution in [-0.2, 0) is 23.3 Å². The van der Waals surface area contributed by atoms with Crippen molar-refractivity contribution in [1.29, 1.82) is 0 Å². The topological polar surface area (TPSA) is 72.7 Å². The first-order valence-corrected chi connectivity index (χ1v) is 9.52. The van der Waals surface area contributed by atoms with Crippen LogP contribution >= 0.6 is 12.2 Å². The first-order valence-electron chi connectivity index (χ1n) is 7.29. The van der Waals surface area contributed by atoms with E-state index in [2.05, 4.69) is 17.0 Å². The molecule has 116 valence electrons. The van der Waals surface area contributed by atoms with Crippen molar-refractivity contribution < 1.29 is 8.42 Å². The number of rotatable bonds is 3. The van der Waals surface area contributed by atoms with Crippen molar-refractivity contribution in [2.45, 2.75) is 38.6 Å². The van der Waals surface area contributed by atoms with Gasteiger partial charge in [-0.15, -0.1) is 0 Å². The van der Waals surface area contributed by atoms with Gasteiger partial charge in [0.25, 0.3) is 0 Å². The van der Waals surface area contributed by atoms with Crippen molar-refractivity contribution in [1.82, 2.24) is 19.3 Å². The summed E-state index contributed by atoms with van der Waals surface area (Å²) in [5.41, 5.74) is 2.86. The summed E-state index contributed by atoms with van der Waals surface area (Å²) >= 11 is 5.44. The van der Waals surface area contributed by atoms with Gasteiger partial charge in [-0.05, 0) is 31.5 Å². The molecule has 0 bridgehead atoms. The predicted octanol–water partition coefficient (Wildman–Crippen LogP) is 2.13. The van der Waals surface area contributed by atoms with Crippen LogP contribution in [0.15, 0.2) is 0 Å². The van der Waals surface area contributed by atoms with Crippen molar-refractivity contribution >= 4 is 33.2 Å². The minimum atomic E-state index is -2.97. The molecule has 1 fully saturated rings. The van der Waals surface area contributed by atoms with Gasteiger partial charge in [-0.3, -0.25) is 9.25 Å². The summed E-state index contributed by atoms with van der Waals surface area (Å²) in [7, 11) is -1.08. The monoisotopic (exact) mass is 328 g/mol. The zero-order chi connectivity index (χ0) is 15.2. The summed E-state index contributed by atoms with van der Waals surface area (Å²) in [5.74, 6) is 0.458. The molecule has 0 amide bonds. The number of imidazole rings is 1. The van der Waals surface area contributed by atoms with Crippen molar-refractivity contribution in [3.8, 4) is 0 Å². The number of nitrogens with one attached hydrogen (secondary N) is 1. The highest BCUT2D eigenvalue weighted by Crippen LogP contribution is 2.29. The maximum absolute atomic E-state index is 11.9. The van der Waals surface area contributed by atoms with E-state index < -0.39 is 9.84 Å². The van der Waals surface area contributed by atoms with Crippen LogP contribution in [-0.4, -0.2) is 39.3 Å². The number of nitrogens with zero attached hydrogens (tertiary/aromatic N) is 3. The highest BCUT2D eigenvalue weighted by Gasteiger charge is 2.29. The molecule has 21 heavy (non-hydrogen) atoms. The van der Waals surface area contributed by atoms with E-state index in [1.54, 1.807) is 0 Å². The van der Waals surface area contributed by atoms with E-state index in [4.69, 9.17) is 12.2 Å². The Kier molecular flexibility index (Phi) is 3.69. The molecule has 8 heteroatoms. The third kappa shape index (κ3) is 2.55. The zero-order valence-corrected chi connectivity index (χ0v) is 13.9. The lowest BCUT2D eigenvalue weighted by molar-refractivity contribution is 0.469. The maximum Gasteiger partial charge on any atom is 0.179 e. The van der Waals surface area contributed by atoms with E-state index in [9.17, 15) is 8.42 Å². The Hall–Kier alpha value is -1.15. The number of aromatic amines is 1. The molecule has 2 aromatic rings. The van der Waals surface area contributed by atoms with Gasteiger partial charge in [0.05, 0.1) is 23.2 Å². The van der Waals surface area contributed by atoms with Crippen LogP contribution < -0.4 is 0 Å². The Morgan fingerprint density at radius 1 is 1.48 bits per heavy atom. The number of H-pyrrole nitrogens is 1. The molecule has 2 aromatic heterocycles. The lowest BCUT2D eigenvalue weighted by Crippen LogP contribution is -2.28. The summed E-state index contributed by atoms with van der Waals surface area (Å²) in [4.78, 5) is 3.23. The van der Waals surface area contributed by atoms with E-state index in [0.717, 1.165) is 36.1 Å². The van der Waals surface area contributed by atoms with Crippen LogP contribution in [0.4, 0.5) is 0 Å². The number of aryl methyl sites for hydroxylation is 2. The minimum absolute atomic E-state index is 0.0881. The number of hydrogen-bond acceptors (Lipinski definition) is 4. The van der Waals surface area contributed by atoms with Crippen LogP contribution in [0.3, 0.4) is 0 Å². The smallest absolute Gasteiger partial charge is 0.179 e. The van der Waals surface area contributed by atoms with E-state index in [1.165, 1.54) is 0 Å². The number of hydrogen-bond donors (Lipinski definition) is 1. The molecule has 1 saturated heterocycles. The second-order valence-electron chi connectivity index (χ2n) is 5.73. The van der Waals surface area contributed by atoms with Crippen molar-refractivity contribution in [3.05, 3.63) is 10.5 Å². The van der Waals surface area contributed by atoms with Crippen LogP contribution in [0, 0.1) is 4.77 Å². The fraction of sp³-hybridized carbons (Fsp3) is 0.692. The molecule has 0 spiro atoms. The van der Waals surface area contributed by atoms with E-state index in [1.807, 2.05) is 16.3 Å². The summed E-state index contributed by atoms with van der Waals surface area (Å²) < 4.78 is 28.2. The molecular formula is C13H20N4O2S2. The van der Waals surface area contributed by atoms with Gasteiger partial charge in [-0.2, -0.15) is 5.10 Å². The Morgan fingerprint density at radius 3 is 2.90 bits per heavy atom. The summed E-state index contributed by atoms with van der Waals surface area (Å²) in [6.07, 6.45) is 3.43. The molecular weight excluding hydrogens is 308 g/mol. The Bertz CT molecular complexity index is 828. The normalized spacial score (nSPS) is 21.9. The van der Waals surface area contributed by atoms with E-state index >= 15 is 0 Å². The SMILES string of the molecule is CCCc1nn(C)c2c1[nH]c(=S)n2C1CCCS(=O)(=O)C1. The number of fused-ring (bicyclic) bond motifs is 1. The summed E-state index contributed by atoms with van der Waals surface area (Å²) in [5, 5.41) is 4.54. The molecule has 0 aliphatic carbocycles. The molecule has 0 saturated carbocycles. The van der Waals surface area contributed by atoms with Crippen molar-refractivity contribution in [2.75, 3.05) is 11.5 Å². The van der Waals surface area contributed by atoms with Gasteiger partial charge in [0.2, 0.25) is 0 Å². The highest BCUT2D eigenvalue weighted by molar-refractivity contribution is 7.91. The van der Waals surface area contributed by atoms with Crippen LogP contribution in [0.1, 0.15) is 37.9 Å². The van der Waals surface area contributed by atoms with Gasteiger partial charge in [0, 0.05) is 7.05 Å². The maximum atomic E-state index is 11.9. The average molecular weight is 328 g/mol. The quantitative estimate of drug-likeness (QED) is 0.876. The third-order valence-corrected chi connectivity index (χ3v) is 6.16. The lowest BCUT2D eigenvalue weighted by Gasteiger charge is -2.23. The predicted molar refractivity (Wildman–Crippen MR) is 84.8 cm³/mol. The molecule has 1 atom stereocenters. The fourth-order valence-electron chi connectivity index (χ4n) is 3.19. The molecule has 0 radical (unpaired) electrons. The summed E-state index contributed by atoms with van der Waals surface area (Å²) in [6, 6.07) is -0.0881. The van der Waals surface area contributed by atoms with Crippen LogP contribution in [0.5, 0.6) is 0 Å². The molecule has 3 heterocycles. The van der Waals surface area contributed by atoms with Gasteiger partial charge in [-0.1, -0.05) is 13.3 Å². The number of aromatic nitrogens is 4. The van der Waals surface area contributed by atoms with Crippen LogP contribution in [0.2, 0.25) is 0 Å². The largest absolute Gasteiger partial charge is 0.328 e. The van der Waals surface area contributed by atoms with Gasteiger partial charge >= 0.3 is 0 Å². The average Bonchev–Trinajstić information content (AvgIpc) is 2.87. The minimum Gasteiger partial charge on any atom is -0.328 e. The Morgan fingerprint density at radius 2 is 2.24 bits per heavy atom. The van der Waals surface area contributed by atoms with Gasteiger partial charge in [0.1, 0.15) is 5.52 Å². The van der Waals surface area contributed by atoms with Gasteiger partial charge in [-0.25, -0.2) is 8.42 Å². The second-order valence-corrected chi connectivity index (χ2v) is 8.34. The van der Waals surface area contributed by atoms with E-state index in [0.29, 0.717) is 11.2 Å². The lowest BCUT2D eigenvalue weighted by atomic mass is 10.2. The van der Waals surface area contributed by atoms with Gasteiger partial charge in [0.15, 0.2) is 20.3 Å². The first kappa shape index (κ1) is 14.8. The highest BCUT2D eigenvalue weighted by atomic mass is 32.2. The van der Waals surface area contributed by atoms with Crippen molar-refractivity contribution in [3.63, 3.8) is 0 Å². The van der Waals surface area contributed by atoms with E-state index in [-0.39, 0.29) is 17.5 Å². The molecule has 6 nitrogen and oxygen atoms in total. The third-order valence-electron chi connectivity index (χ3n) is 4.06. The molecule has 0 aromatic carbocycles. The summed E-state index contributed by atoms with van der Waals surface area (Å²) in [6.45, 7) is 2.11. The standard InChI is InChI=1S/C13H20N4O2S2/c1-3-5-10-11-12(16(2)15-10)17(13(20)14-11)9-6-4-7-21(18,19)8-9/h9H,3-8H2,1-2H3,(H,14,20). The Balaban J connectivity index is 2.14. The molecule has 1 aliphatic heterocycles. The second kappa shape index (κ2) is 5.24. The van der Waals surface area contributed by atoms with Crippen LogP contribution in [0.25, 0.3) is 11.2 Å². The molecule has 3 rings (SSSR count). The Labute approximate surface area is 129 Å². The fourth-order valence-corrected chi connectivity index (χ4v) is 5.20. The van der Waals surface area contributed by atoms with Crippen molar-refractivity contribution in [2.24, 2.45) is 7.05 Å². The number of sulfone groups is 1. The molecule has 1 unspecified atom stereocenters. The first-order chi connectivity index (χ1) is 9.93. The van der Waals surface area contributed by atoms with Gasteiger partial charge < -0.3 is 4.98 Å². The zero-order valence-electron chi connectivity index (χ0n) is 12.3. The molecule has 1 N–H and O–H groups in total.